The smallest absolute Gasteiger partial charge is 0.258 e. The van der Waals surface area contributed by atoms with Crippen LogP contribution in [0, 0.1) is 0 Å². The zero-order valence-corrected chi connectivity index (χ0v) is 14.3. The molecule has 0 unspecified atom stereocenters. The van der Waals surface area contributed by atoms with Gasteiger partial charge in [0.2, 0.25) is 5.91 Å². The number of H-pyrrole nitrogens is 1. The molecule has 0 radical (unpaired) electrons. The molecular formula is C20H20N4O2. The van der Waals surface area contributed by atoms with E-state index < -0.39 is 0 Å². The maximum Gasteiger partial charge on any atom is 0.258 e. The molecule has 0 aliphatic carbocycles. The van der Waals surface area contributed by atoms with Gasteiger partial charge in [0.05, 0.1) is 23.5 Å². The number of nitrogens with zero attached hydrogens (tertiary/aromatic N) is 2. The molecular weight excluding hydrogens is 328 g/mol. The van der Waals surface area contributed by atoms with Crippen molar-refractivity contribution in [1.29, 1.82) is 0 Å². The van der Waals surface area contributed by atoms with Crippen molar-refractivity contribution in [2.24, 2.45) is 0 Å². The number of anilines is 1. The van der Waals surface area contributed by atoms with E-state index >= 15 is 0 Å². The largest absolute Gasteiger partial charge is 0.325 e. The fourth-order valence-corrected chi connectivity index (χ4v) is 3.46. The number of fused-ring (bicyclic) bond motifs is 1. The fourth-order valence-electron chi connectivity index (χ4n) is 3.46. The first-order valence-electron chi connectivity index (χ1n) is 8.78. The highest BCUT2D eigenvalue weighted by molar-refractivity contribution is 5.95. The molecule has 0 saturated carbocycles. The second kappa shape index (κ2) is 7.09. The summed E-state index contributed by atoms with van der Waals surface area (Å²) in [4.78, 5) is 34.4. The second-order valence-corrected chi connectivity index (χ2v) is 6.51. The SMILES string of the molecule is O=C(Nc1ccccc1)[C@@H]1CCCN1Cc1nc2ccccc2c(=O)[nH]1. The van der Waals surface area contributed by atoms with Gasteiger partial charge in [-0.05, 0) is 43.7 Å². The van der Waals surface area contributed by atoms with Gasteiger partial charge in [-0.25, -0.2) is 4.98 Å². The van der Waals surface area contributed by atoms with Crippen molar-refractivity contribution >= 4 is 22.5 Å². The standard InChI is InChI=1S/C20H20N4O2/c25-19-15-9-4-5-10-16(15)22-18(23-19)13-24-12-6-11-17(24)20(26)21-14-7-2-1-3-8-14/h1-5,7-10,17H,6,11-13H2,(H,21,26)(H,22,23,25)/t17-/m0/s1. The number of rotatable bonds is 4. The van der Waals surface area contributed by atoms with Gasteiger partial charge in [0, 0.05) is 5.69 Å². The number of carbonyl (C=O) groups excluding carboxylic acids is 1. The van der Waals surface area contributed by atoms with E-state index in [9.17, 15) is 9.59 Å². The van der Waals surface area contributed by atoms with E-state index in [0.29, 0.717) is 23.3 Å². The number of amides is 1. The van der Waals surface area contributed by atoms with E-state index in [0.717, 1.165) is 25.1 Å². The molecule has 0 spiro atoms. The summed E-state index contributed by atoms with van der Waals surface area (Å²) in [6, 6.07) is 16.5. The van der Waals surface area contributed by atoms with Crippen molar-refractivity contribution in [2.45, 2.75) is 25.4 Å². The Morgan fingerprint density at radius 2 is 1.92 bits per heavy atom. The molecule has 6 heteroatoms. The molecule has 0 bridgehead atoms. The molecule has 1 fully saturated rings. The van der Waals surface area contributed by atoms with Gasteiger partial charge >= 0.3 is 0 Å². The minimum atomic E-state index is -0.216. The van der Waals surface area contributed by atoms with Crippen LogP contribution in [0.5, 0.6) is 0 Å². The first kappa shape index (κ1) is 16.5. The Labute approximate surface area is 150 Å². The molecule has 2 heterocycles. The van der Waals surface area contributed by atoms with E-state index in [2.05, 4.69) is 20.2 Å². The second-order valence-electron chi connectivity index (χ2n) is 6.51. The highest BCUT2D eigenvalue weighted by Gasteiger charge is 2.31. The molecule has 132 valence electrons. The molecule has 6 nitrogen and oxygen atoms in total. The number of hydrogen-bond donors (Lipinski definition) is 2. The third kappa shape index (κ3) is 3.36. The van der Waals surface area contributed by atoms with Gasteiger partial charge in [0.25, 0.3) is 5.56 Å². The average molecular weight is 348 g/mol. The molecule has 2 aromatic carbocycles. The Morgan fingerprint density at radius 1 is 1.15 bits per heavy atom. The van der Waals surface area contributed by atoms with Crippen molar-refractivity contribution in [3.8, 4) is 0 Å². The topological polar surface area (TPSA) is 78.1 Å². The summed E-state index contributed by atoms with van der Waals surface area (Å²) in [6.07, 6.45) is 1.75. The van der Waals surface area contributed by atoms with E-state index in [-0.39, 0.29) is 17.5 Å². The normalized spacial score (nSPS) is 17.5. The quantitative estimate of drug-likeness (QED) is 0.759. The maximum absolute atomic E-state index is 12.6. The van der Waals surface area contributed by atoms with Crippen LogP contribution in [0.1, 0.15) is 18.7 Å². The van der Waals surface area contributed by atoms with Crippen molar-refractivity contribution < 1.29 is 4.79 Å². The average Bonchev–Trinajstić information content (AvgIpc) is 3.11. The highest BCUT2D eigenvalue weighted by atomic mass is 16.2. The van der Waals surface area contributed by atoms with E-state index in [1.807, 2.05) is 48.5 Å². The third-order valence-corrected chi connectivity index (χ3v) is 4.72. The monoisotopic (exact) mass is 348 g/mol. The molecule has 1 amide bonds. The molecule has 26 heavy (non-hydrogen) atoms. The van der Waals surface area contributed by atoms with Gasteiger partial charge in [0.15, 0.2) is 0 Å². The van der Waals surface area contributed by atoms with Crippen LogP contribution in [0.3, 0.4) is 0 Å². The van der Waals surface area contributed by atoms with Crippen molar-refractivity contribution in [3.05, 3.63) is 70.8 Å². The molecule has 1 atom stereocenters. The Morgan fingerprint density at radius 3 is 2.77 bits per heavy atom. The van der Waals surface area contributed by atoms with Crippen LogP contribution in [0.25, 0.3) is 10.9 Å². The van der Waals surface area contributed by atoms with Crippen LogP contribution in [-0.2, 0) is 11.3 Å². The predicted octanol–water partition coefficient (Wildman–Crippen LogP) is 2.53. The lowest BCUT2D eigenvalue weighted by Crippen LogP contribution is -2.39. The lowest BCUT2D eigenvalue weighted by Gasteiger charge is -2.23. The lowest BCUT2D eigenvalue weighted by molar-refractivity contribution is -0.120. The minimum Gasteiger partial charge on any atom is -0.325 e. The van der Waals surface area contributed by atoms with E-state index in [1.165, 1.54) is 0 Å². The summed E-state index contributed by atoms with van der Waals surface area (Å²) >= 11 is 0. The summed E-state index contributed by atoms with van der Waals surface area (Å²) in [5.74, 6) is 0.574. The van der Waals surface area contributed by atoms with Crippen molar-refractivity contribution in [3.63, 3.8) is 0 Å². The number of likely N-dealkylation sites (tertiary alicyclic amines) is 1. The van der Waals surface area contributed by atoms with Gasteiger partial charge in [-0.1, -0.05) is 30.3 Å². The van der Waals surface area contributed by atoms with E-state index in [4.69, 9.17) is 0 Å². The Balaban J connectivity index is 1.52. The maximum atomic E-state index is 12.6. The summed E-state index contributed by atoms with van der Waals surface area (Å²) in [6.45, 7) is 1.26. The van der Waals surface area contributed by atoms with Gasteiger partial charge in [-0.2, -0.15) is 0 Å². The molecule has 1 aliphatic heterocycles. The first-order chi connectivity index (χ1) is 12.7. The lowest BCUT2D eigenvalue weighted by atomic mass is 10.2. The van der Waals surface area contributed by atoms with E-state index in [1.54, 1.807) is 6.07 Å². The molecule has 1 aliphatic rings. The molecule has 1 aromatic heterocycles. The predicted molar refractivity (Wildman–Crippen MR) is 101 cm³/mol. The molecule has 4 rings (SSSR count). The number of carbonyl (C=O) groups is 1. The van der Waals surface area contributed by atoms with Gasteiger partial charge in [0.1, 0.15) is 5.82 Å². The number of benzene rings is 2. The zero-order valence-electron chi connectivity index (χ0n) is 14.3. The Kier molecular flexibility index (Phi) is 4.50. The molecule has 3 aromatic rings. The van der Waals surface area contributed by atoms with Crippen LogP contribution in [-0.4, -0.2) is 33.4 Å². The summed E-state index contributed by atoms with van der Waals surface area (Å²) in [7, 11) is 0. The number of aromatic amines is 1. The zero-order chi connectivity index (χ0) is 17.9. The van der Waals surface area contributed by atoms with Gasteiger partial charge in [-0.3, -0.25) is 14.5 Å². The first-order valence-corrected chi connectivity index (χ1v) is 8.78. The molecule has 1 saturated heterocycles. The highest BCUT2D eigenvalue weighted by Crippen LogP contribution is 2.21. The van der Waals surface area contributed by atoms with Crippen LogP contribution in [0.4, 0.5) is 5.69 Å². The van der Waals surface area contributed by atoms with Gasteiger partial charge < -0.3 is 10.3 Å². The van der Waals surface area contributed by atoms with Gasteiger partial charge in [-0.15, -0.1) is 0 Å². The van der Waals surface area contributed by atoms with Crippen molar-refractivity contribution in [1.82, 2.24) is 14.9 Å². The Bertz CT molecular complexity index is 984. The van der Waals surface area contributed by atoms with Crippen LogP contribution >= 0.6 is 0 Å². The summed E-state index contributed by atoms with van der Waals surface area (Å²) in [5, 5.41) is 3.55. The fraction of sp³-hybridized carbons (Fsp3) is 0.250. The summed E-state index contributed by atoms with van der Waals surface area (Å²) < 4.78 is 0. The number of para-hydroxylation sites is 2. The number of hydrogen-bond acceptors (Lipinski definition) is 4. The minimum absolute atomic E-state index is 0.0168. The van der Waals surface area contributed by atoms with Crippen molar-refractivity contribution in [2.75, 3.05) is 11.9 Å². The van der Waals surface area contributed by atoms with Crippen LogP contribution < -0.4 is 10.9 Å². The number of aromatic nitrogens is 2. The molecule has 2 N–H and O–H groups in total. The van der Waals surface area contributed by atoms with Crippen LogP contribution in [0.15, 0.2) is 59.4 Å². The number of nitrogens with one attached hydrogen (secondary N) is 2. The third-order valence-electron chi connectivity index (χ3n) is 4.72. The summed E-state index contributed by atoms with van der Waals surface area (Å²) in [5.41, 5.74) is 1.33. The van der Waals surface area contributed by atoms with Crippen LogP contribution in [0.2, 0.25) is 0 Å². The Hall–Kier alpha value is -2.99.